The van der Waals surface area contributed by atoms with Crippen LogP contribution < -0.4 is 4.72 Å². The zero-order valence-electron chi connectivity index (χ0n) is 14.9. The molecule has 26 heavy (non-hydrogen) atoms. The first-order chi connectivity index (χ1) is 12.5. The van der Waals surface area contributed by atoms with Crippen LogP contribution in [0.15, 0.2) is 54.6 Å². The van der Waals surface area contributed by atoms with Crippen molar-refractivity contribution in [1.29, 1.82) is 0 Å². The fraction of sp³-hybridized carbons (Fsp3) is 0.350. The highest BCUT2D eigenvalue weighted by atomic mass is 32.2. The molecule has 0 aliphatic carbocycles. The number of aryl methyl sites for hydroxylation is 1. The molecule has 1 fully saturated rings. The molecule has 1 atom stereocenters. The van der Waals surface area contributed by atoms with Gasteiger partial charge in [0.25, 0.3) is 0 Å². The molecule has 0 aromatic heterocycles. The van der Waals surface area contributed by atoms with Gasteiger partial charge in [-0.2, -0.15) is 4.72 Å². The van der Waals surface area contributed by atoms with E-state index in [1.807, 2.05) is 43.3 Å². The highest BCUT2D eigenvalue weighted by molar-refractivity contribution is 7.88. The van der Waals surface area contributed by atoms with Crippen molar-refractivity contribution in [2.24, 2.45) is 0 Å². The Morgan fingerprint density at radius 2 is 1.65 bits per heavy atom. The molecule has 5 nitrogen and oxygen atoms in total. The van der Waals surface area contributed by atoms with Crippen molar-refractivity contribution < 1.29 is 13.2 Å². The number of carbonyl (C=O) groups excluding carboxylic acids is 1. The van der Waals surface area contributed by atoms with Crippen LogP contribution in [-0.2, 0) is 20.6 Å². The maximum absolute atomic E-state index is 12.9. The number of likely N-dealkylation sites (tertiary alicyclic amines) is 1. The second-order valence-electron chi connectivity index (χ2n) is 6.68. The van der Waals surface area contributed by atoms with E-state index < -0.39 is 16.1 Å². The molecule has 0 saturated carbocycles. The van der Waals surface area contributed by atoms with Gasteiger partial charge in [-0.25, -0.2) is 8.42 Å². The van der Waals surface area contributed by atoms with E-state index in [-0.39, 0.29) is 11.7 Å². The quantitative estimate of drug-likeness (QED) is 0.848. The van der Waals surface area contributed by atoms with Gasteiger partial charge < -0.3 is 4.90 Å². The molecule has 2 aromatic rings. The molecule has 138 valence electrons. The number of sulfonamides is 1. The molecule has 1 aliphatic heterocycles. The monoisotopic (exact) mass is 372 g/mol. The van der Waals surface area contributed by atoms with Crippen molar-refractivity contribution in [3.05, 3.63) is 71.3 Å². The van der Waals surface area contributed by atoms with Crippen molar-refractivity contribution in [2.45, 2.75) is 31.6 Å². The molecule has 0 unspecified atom stereocenters. The summed E-state index contributed by atoms with van der Waals surface area (Å²) in [6.07, 6.45) is 1.92. The van der Waals surface area contributed by atoms with Gasteiger partial charge >= 0.3 is 0 Å². The molecule has 0 spiro atoms. The summed E-state index contributed by atoms with van der Waals surface area (Å²) < 4.78 is 28.2. The summed E-state index contributed by atoms with van der Waals surface area (Å²) in [5, 5.41) is 0. The summed E-state index contributed by atoms with van der Waals surface area (Å²) >= 11 is 0. The van der Waals surface area contributed by atoms with Crippen molar-refractivity contribution in [1.82, 2.24) is 9.62 Å². The molecule has 1 saturated heterocycles. The van der Waals surface area contributed by atoms with E-state index in [0.29, 0.717) is 18.7 Å². The molecular weight excluding hydrogens is 348 g/mol. The largest absolute Gasteiger partial charge is 0.341 e. The lowest BCUT2D eigenvalue weighted by Gasteiger charge is -2.24. The predicted molar refractivity (Wildman–Crippen MR) is 102 cm³/mol. The van der Waals surface area contributed by atoms with E-state index in [9.17, 15) is 13.2 Å². The lowest BCUT2D eigenvalue weighted by molar-refractivity contribution is -0.132. The van der Waals surface area contributed by atoms with Gasteiger partial charge in [-0.05, 0) is 36.5 Å². The number of amides is 1. The van der Waals surface area contributed by atoms with Crippen LogP contribution in [-0.4, -0.2) is 32.3 Å². The summed E-state index contributed by atoms with van der Waals surface area (Å²) in [6, 6.07) is 15.5. The Morgan fingerprint density at radius 1 is 1.04 bits per heavy atom. The molecule has 3 rings (SSSR count). The Labute approximate surface area is 155 Å². The van der Waals surface area contributed by atoms with Gasteiger partial charge in [0.05, 0.1) is 5.75 Å². The average Bonchev–Trinajstić information content (AvgIpc) is 3.16. The molecule has 1 aliphatic rings. The third kappa shape index (κ3) is 4.51. The van der Waals surface area contributed by atoms with Gasteiger partial charge in [0.2, 0.25) is 15.9 Å². The summed E-state index contributed by atoms with van der Waals surface area (Å²) in [5.41, 5.74) is 2.32. The van der Waals surface area contributed by atoms with Crippen molar-refractivity contribution in [2.75, 3.05) is 13.1 Å². The van der Waals surface area contributed by atoms with Crippen LogP contribution in [0.2, 0.25) is 0 Å². The van der Waals surface area contributed by atoms with E-state index in [1.165, 1.54) is 0 Å². The van der Waals surface area contributed by atoms with Gasteiger partial charge in [-0.1, -0.05) is 54.6 Å². The molecule has 2 aromatic carbocycles. The van der Waals surface area contributed by atoms with E-state index in [1.54, 1.807) is 23.1 Å². The first-order valence-electron chi connectivity index (χ1n) is 8.84. The van der Waals surface area contributed by atoms with Gasteiger partial charge in [0, 0.05) is 13.1 Å². The Morgan fingerprint density at radius 3 is 2.31 bits per heavy atom. The van der Waals surface area contributed by atoms with Crippen molar-refractivity contribution in [3.8, 4) is 0 Å². The number of hydrogen-bond acceptors (Lipinski definition) is 3. The number of nitrogens with zero attached hydrogens (tertiary/aromatic N) is 1. The number of nitrogens with one attached hydrogen (secondary N) is 1. The third-order valence-corrected chi connectivity index (χ3v) is 5.99. The first kappa shape index (κ1) is 18.6. The van der Waals surface area contributed by atoms with Gasteiger partial charge in [0.1, 0.15) is 6.04 Å². The minimum absolute atomic E-state index is 0.143. The maximum atomic E-state index is 12.9. The Balaban J connectivity index is 1.85. The standard InChI is InChI=1S/C20H24N2O3S/c1-16-9-5-6-12-18(16)15-26(24,25)21-19(17-10-3-2-4-11-17)20(23)22-13-7-8-14-22/h2-6,9-12,19,21H,7-8,13-15H2,1H3/t19-/m0/s1. The molecule has 1 amide bonds. The van der Waals surface area contributed by atoms with Gasteiger partial charge in [0.15, 0.2) is 0 Å². The fourth-order valence-electron chi connectivity index (χ4n) is 3.22. The van der Waals surface area contributed by atoms with Crippen molar-refractivity contribution in [3.63, 3.8) is 0 Å². The van der Waals surface area contributed by atoms with Gasteiger partial charge in [-0.15, -0.1) is 0 Å². The summed E-state index contributed by atoms with van der Waals surface area (Å²) in [7, 11) is -3.68. The number of hydrogen-bond donors (Lipinski definition) is 1. The van der Waals surface area contributed by atoms with Crippen LogP contribution in [0.4, 0.5) is 0 Å². The van der Waals surface area contributed by atoms with Crippen LogP contribution in [0.1, 0.15) is 35.6 Å². The van der Waals surface area contributed by atoms with Crippen LogP contribution >= 0.6 is 0 Å². The molecule has 1 heterocycles. The predicted octanol–water partition coefficient (Wildman–Crippen LogP) is 2.78. The van der Waals surface area contributed by atoms with Crippen LogP contribution in [0, 0.1) is 6.92 Å². The second kappa shape index (κ2) is 8.01. The van der Waals surface area contributed by atoms with E-state index in [2.05, 4.69) is 4.72 Å². The van der Waals surface area contributed by atoms with Crippen LogP contribution in [0.3, 0.4) is 0 Å². The Hall–Kier alpha value is -2.18. The van der Waals surface area contributed by atoms with E-state index >= 15 is 0 Å². The van der Waals surface area contributed by atoms with Crippen molar-refractivity contribution >= 4 is 15.9 Å². The maximum Gasteiger partial charge on any atom is 0.245 e. The lowest BCUT2D eigenvalue weighted by atomic mass is 10.1. The third-order valence-electron chi connectivity index (χ3n) is 4.70. The molecular formula is C20H24N2O3S. The SMILES string of the molecule is Cc1ccccc1CS(=O)(=O)N[C@H](C(=O)N1CCCC1)c1ccccc1. The second-order valence-corrected chi connectivity index (χ2v) is 8.43. The van der Waals surface area contributed by atoms with Crippen LogP contribution in [0.25, 0.3) is 0 Å². The Kier molecular flexibility index (Phi) is 5.74. The normalized spacial score (nSPS) is 15.8. The lowest BCUT2D eigenvalue weighted by Crippen LogP contribution is -2.42. The van der Waals surface area contributed by atoms with Crippen LogP contribution in [0.5, 0.6) is 0 Å². The van der Waals surface area contributed by atoms with Gasteiger partial charge in [-0.3, -0.25) is 4.79 Å². The number of carbonyl (C=O) groups is 1. The summed E-state index contributed by atoms with van der Waals surface area (Å²) in [5.74, 6) is -0.321. The number of benzene rings is 2. The molecule has 6 heteroatoms. The number of rotatable bonds is 6. The minimum atomic E-state index is -3.68. The van der Waals surface area contributed by atoms with E-state index in [4.69, 9.17) is 0 Å². The highest BCUT2D eigenvalue weighted by Crippen LogP contribution is 2.21. The molecule has 0 bridgehead atoms. The topological polar surface area (TPSA) is 66.5 Å². The fourth-order valence-corrected chi connectivity index (χ4v) is 4.64. The summed E-state index contributed by atoms with van der Waals surface area (Å²) in [6.45, 7) is 3.25. The minimum Gasteiger partial charge on any atom is -0.341 e. The Bertz CT molecular complexity index is 860. The molecule has 1 N–H and O–H groups in total. The summed E-state index contributed by atoms with van der Waals surface area (Å²) in [4.78, 5) is 14.7. The molecule has 0 radical (unpaired) electrons. The van der Waals surface area contributed by atoms with E-state index in [0.717, 1.165) is 24.0 Å². The highest BCUT2D eigenvalue weighted by Gasteiger charge is 2.31. The average molecular weight is 372 g/mol. The first-order valence-corrected chi connectivity index (χ1v) is 10.5. The zero-order chi connectivity index (χ0) is 18.6. The zero-order valence-corrected chi connectivity index (χ0v) is 15.7. The smallest absolute Gasteiger partial charge is 0.245 e.